The van der Waals surface area contributed by atoms with Crippen LogP contribution >= 0.6 is 11.6 Å². The van der Waals surface area contributed by atoms with Crippen LogP contribution in [0.5, 0.6) is 5.75 Å². The first-order valence-corrected chi connectivity index (χ1v) is 8.44. The van der Waals surface area contributed by atoms with Crippen molar-refractivity contribution in [1.29, 1.82) is 0 Å². The van der Waals surface area contributed by atoms with Gasteiger partial charge in [-0.2, -0.15) is 13.9 Å². The van der Waals surface area contributed by atoms with Crippen LogP contribution in [0.2, 0.25) is 5.02 Å². The lowest BCUT2D eigenvalue weighted by molar-refractivity contribution is -0.0498. The minimum atomic E-state index is -2.94. The van der Waals surface area contributed by atoms with Crippen LogP contribution in [-0.2, 0) is 0 Å². The van der Waals surface area contributed by atoms with Gasteiger partial charge in [-0.15, -0.1) is 0 Å². The van der Waals surface area contributed by atoms with Crippen molar-refractivity contribution in [2.24, 2.45) is 0 Å². The maximum Gasteiger partial charge on any atom is 0.387 e. The van der Waals surface area contributed by atoms with E-state index in [0.717, 1.165) is 0 Å². The van der Waals surface area contributed by atoms with Crippen LogP contribution in [0.1, 0.15) is 16.2 Å². The van der Waals surface area contributed by atoms with Gasteiger partial charge in [-0.3, -0.25) is 9.59 Å². The third-order valence-corrected chi connectivity index (χ3v) is 3.98. The summed E-state index contributed by atoms with van der Waals surface area (Å²) in [6.45, 7) is -1.25. The highest BCUT2D eigenvalue weighted by atomic mass is 35.5. The van der Waals surface area contributed by atoms with E-state index in [1.165, 1.54) is 35.0 Å². The lowest BCUT2D eigenvalue weighted by Gasteiger charge is -2.12. The maximum absolute atomic E-state index is 12.5. The van der Waals surface area contributed by atoms with E-state index >= 15 is 0 Å². The summed E-state index contributed by atoms with van der Waals surface area (Å²) in [4.78, 5) is 24.7. The van der Waals surface area contributed by atoms with Crippen molar-refractivity contribution in [1.82, 2.24) is 9.78 Å². The molecule has 0 bridgehead atoms. The number of benzene rings is 2. The number of halogens is 3. The Balaban J connectivity index is 1.86. The Labute approximate surface area is 163 Å². The van der Waals surface area contributed by atoms with Gasteiger partial charge in [0.25, 0.3) is 5.91 Å². The smallest absolute Gasteiger partial charge is 0.387 e. The molecule has 6 nitrogen and oxygen atoms in total. The van der Waals surface area contributed by atoms with Crippen LogP contribution in [0.15, 0.2) is 59.4 Å². The molecule has 0 saturated carbocycles. The molecule has 3 aromatic rings. The molecule has 0 spiro atoms. The van der Waals surface area contributed by atoms with Gasteiger partial charge >= 0.3 is 6.61 Å². The van der Waals surface area contributed by atoms with Gasteiger partial charge in [0.05, 0.1) is 5.69 Å². The number of carbonyl (C=O) groups is 1. The van der Waals surface area contributed by atoms with Gasteiger partial charge in [0.2, 0.25) is 5.43 Å². The molecule has 28 heavy (non-hydrogen) atoms. The average Bonchev–Trinajstić information content (AvgIpc) is 2.64. The predicted octanol–water partition coefficient (Wildman–Crippen LogP) is 4.05. The van der Waals surface area contributed by atoms with E-state index in [0.29, 0.717) is 22.1 Å². The van der Waals surface area contributed by atoms with Crippen molar-refractivity contribution in [3.8, 4) is 11.4 Å². The molecule has 0 aliphatic carbocycles. The van der Waals surface area contributed by atoms with E-state index in [1.54, 1.807) is 31.2 Å². The fourth-order valence-corrected chi connectivity index (χ4v) is 2.58. The Bertz CT molecular complexity index is 1050. The van der Waals surface area contributed by atoms with E-state index in [-0.39, 0.29) is 11.4 Å². The van der Waals surface area contributed by atoms with Crippen LogP contribution in [0.25, 0.3) is 5.69 Å². The normalized spacial score (nSPS) is 10.8. The summed E-state index contributed by atoms with van der Waals surface area (Å²) in [5.74, 6) is -0.776. The fraction of sp³-hybridized carbons (Fsp3) is 0.105. The van der Waals surface area contributed by atoms with Crippen molar-refractivity contribution in [3.05, 3.63) is 81.2 Å². The zero-order valence-corrected chi connectivity index (χ0v) is 15.3. The molecule has 144 valence electrons. The quantitative estimate of drug-likeness (QED) is 0.695. The highest BCUT2D eigenvalue weighted by Crippen LogP contribution is 2.18. The number of nitrogens with one attached hydrogen (secondary N) is 1. The summed E-state index contributed by atoms with van der Waals surface area (Å²) in [7, 11) is 0. The zero-order valence-electron chi connectivity index (χ0n) is 14.5. The van der Waals surface area contributed by atoms with E-state index in [2.05, 4.69) is 15.2 Å². The molecule has 1 N–H and O–H groups in total. The Hall–Kier alpha value is -3.26. The molecule has 1 amide bonds. The molecule has 0 fully saturated rings. The number of aromatic nitrogens is 2. The van der Waals surface area contributed by atoms with Gasteiger partial charge in [-0.25, -0.2) is 4.68 Å². The first kappa shape index (κ1) is 19.5. The second kappa shape index (κ2) is 8.18. The van der Waals surface area contributed by atoms with Gasteiger partial charge in [0.15, 0.2) is 5.69 Å². The Morgan fingerprint density at radius 2 is 1.79 bits per heavy atom. The van der Waals surface area contributed by atoms with Crippen LogP contribution in [-0.4, -0.2) is 22.3 Å². The predicted molar refractivity (Wildman–Crippen MR) is 101 cm³/mol. The molecule has 0 unspecified atom stereocenters. The summed E-state index contributed by atoms with van der Waals surface area (Å²) in [6.07, 6.45) is 0. The lowest BCUT2D eigenvalue weighted by Crippen LogP contribution is -2.26. The third kappa shape index (κ3) is 4.52. The maximum atomic E-state index is 12.5. The van der Waals surface area contributed by atoms with Gasteiger partial charge < -0.3 is 10.1 Å². The van der Waals surface area contributed by atoms with E-state index < -0.39 is 17.9 Å². The molecule has 0 aliphatic rings. The Kier molecular flexibility index (Phi) is 5.70. The van der Waals surface area contributed by atoms with E-state index in [1.807, 2.05) is 0 Å². The van der Waals surface area contributed by atoms with Crippen LogP contribution < -0.4 is 15.5 Å². The van der Waals surface area contributed by atoms with Crippen molar-refractivity contribution in [2.75, 3.05) is 5.32 Å². The number of rotatable bonds is 5. The first-order valence-electron chi connectivity index (χ1n) is 8.06. The molecule has 1 aromatic heterocycles. The number of hydrogen-bond donors (Lipinski definition) is 1. The third-order valence-electron chi connectivity index (χ3n) is 3.73. The Morgan fingerprint density at radius 3 is 2.39 bits per heavy atom. The zero-order chi connectivity index (χ0) is 20.3. The molecular formula is C19H14ClF2N3O3. The molecule has 2 aromatic carbocycles. The number of ether oxygens (including phenoxy) is 1. The number of carbonyl (C=O) groups excluding carboxylic acids is 1. The summed E-state index contributed by atoms with van der Waals surface area (Å²) >= 11 is 5.88. The van der Waals surface area contributed by atoms with Crippen molar-refractivity contribution in [3.63, 3.8) is 0 Å². The summed E-state index contributed by atoms with van der Waals surface area (Å²) < 4.78 is 30.1. The SMILES string of the molecule is Cc1cc(=O)c(C(=O)Nc2ccc(OC(F)F)cc2)nn1-c1ccc(Cl)cc1. The number of hydrogen-bond acceptors (Lipinski definition) is 4. The number of anilines is 1. The Morgan fingerprint density at radius 1 is 1.14 bits per heavy atom. The van der Waals surface area contributed by atoms with Crippen LogP contribution in [0, 0.1) is 6.92 Å². The second-order valence-corrected chi connectivity index (χ2v) is 6.18. The summed E-state index contributed by atoms with van der Waals surface area (Å²) in [5, 5.41) is 7.20. The highest BCUT2D eigenvalue weighted by Gasteiger charge is 2.16. The monoisotopic (exact) mass is 405 g/mol. The number of nitrogens with zero attached hydrogens (tertiary/aromatic N) is 2. The molecule has 0 radical (unpaired) electrons. The average molecular weight is 406 g/mol. The van der Waals surface area contributed by atoms with Crippen LogP contribution in [0.4, 0.5) is 14.5 Å². The minimum Gasteiger partial charge on any atom is -0.435 e. The lowest BCUT2D eigenvalue weighted by atomic mass is 10.2. The highest BCUT2D eigenvalue weighted by molar-refractivity contribution is 6.30. The minimum absolute atomic E-state index is 0.0495. The van der Waals surface area contributed by atoms with E-state index in [4.69, 9.17) is 11.6 Å². The van der Waals surface area contributed by atoms with Gasteiger partial charge in [0, 0.05) is 22.5 Å². The number of amides is 1. The van der Waals surface area contributed by atoms with E-state index in [9.17, 15) is 18.4 Å². The van der Waals surface area contributed by atoms with Gasteiger partial charge in [-0.05, 0) is 55.5 Å². The molecule has 9 heteroatoms. The largest absolute Gasteiger partial charge is 0.435 e. The molecule has 3 rings (SSSR count). The van der Waals surface area contributed by atoms with Crippen molar-refractivity contribution >= 4 is 23.2 Å². The van der Waals surface area contributed by atoms with Crippen molar-refractivity contribution < 1.29 is 18.3 Å². The first-order chi connectivity index (χ1) is 13.3. The molecule has 0 atom stereocenters. The summed E-state index contributed by atoms with van der Waals surface area (Å²) in [5.41, 5.74) is 0.611. The number of alkyl halides is 2. The fourth-order valence-electron chi connectivity index (χ4n) is 2.46. The van der Waals surface area contributed by atoms with Gasteiger partial charge in [0.1, 0.15) is 5.75 Å². The van der Waals surface area contributed by atoms with Crippen LogP contribution in [0.3, 0.4) is 0 Å². The number of aryl methyl sites for hydroxylation is 1. The van der Waals surface area contributed by atoms with Gasteiger partial charge in [-0.1, -0.05) is 11.6 Å². The molecule has 0 aliphatic heterocycles. The topological polar surface area (TPSA) is 73.2 Å². The van der Waals surface area contributed by atoms with Crippen molar-refractivity contribution in [2.45, 2.75) is 13.5 Å². The second-order valence-electron chi connectivity index (χ2n) is 5.74. The molecular weight excluding hydrogens is 392 g/mol. The molecule has 0 saturated heterocycles. The molecule has 1 heterocycles. The standard InChI is InChI=1S/C19H14ClF2N3O3/c1-11-10-16(26)17(24-25(11)14-6-2-12(20)3-7-14)18(27)23-13-4-8-15(9-5-13)28-19(21)22/h2-10,19H,1H3,(H,23,27). The summed E-state index contributed by atoms with van der Waals surface area (Å²) in [6, 6.07) is 13.3.